The van der Waals surface area contributed by atoms with Gasteiger partial charge in [0.05, 0.1) is 23.2 Å². The normalized spacial score (nSPS) is 13.9. The summed E-state index contributed by atoms with van der Waals surface area (Å²) < 4.78 is 1.80. The van der Waals surface area contributed by atoms with Crippen molar-refractivity contribution in [2.24, 2.45) is 5.92 Å². The fraction of sp³-hybridized carbons (Fsp3) is 0.529. The van der Waals surface area contributed by atoms with Crippen molar-refractivity contribution in [1.82, 2.24) is 20.1 Å². The van der Waals surface area contributed by atoms with E-state index in [1.165, 1.54) is 0 Å². The van der Waals surface area contributed by atoms with Crippen LogP contribution in [0.4, 0.5) is 0 Å². The first-order chi connectivity index (χ1) is 11.3. The van der Waals surface area contributed by atoms with Gasteiger partial charge < -0.3 is 10.4 Å². The molecule has 1 amide bonds. The number of carbonyl (C=O) groups is 2. The quantitative estimate of drug-likeness (QED) is 0.847. The second-order valence-corrected chi connectivity index (χ2v) is 6.43. The molecule has 0 bridgehead atoms. The molecule has 2 heterocycles. The number of fused-ring (bicyclic) bond motifs is 1. The van der Waals surface area contributed by atoms with Gasteiger partial charge in [0.2, 0.25) is 0 Å². The predicted octanol–water partition coefficient (Wildman–Crippen LogP) is 2.55. The van der Waals surface area contributed by atoms with E-state index in [9.17, 15) is 14.7 Å². The Morgan fingerprint density at radius 3 is 2.54 bits per heavy atom. The first-order valence-corrected chi connectivity index (χ1v) is 8.14. The number of amides is 1. The van der Waals surface area contributed by atoms with Gasteiger partial charge in [-0.05, 0) is 32.3 Å². The topological polar surface area (TPSA) is 97.1 Å². The number of hydrogen-bond acceptors (Lipinski definition) is 4. The molecule has 0 spiro atoms. The number of aromatic nitrogens is 3. The summed E-state index contributed by atoms with van der Waals surface area (Å²) in [5.74, 6) is -1.68. The van der Waals surface area contributed by atoms with Crippen LogP contribution in [0.25, 0.3) is 11.0 Å². The molecule has 130 valence electrons. The Labute approximate surface area is 141 Å². The number of carboxylic acid groups (broad SMARTS) is 1. The summed E-state index contributed by atoms with van der Waals surface area (Å²) in [6.45, 7) is 9.42. The Morgan fingerprint density at radius 1 is 1.33 bits per heavy atom. The van der Waals surface area contributed by atoms with E-state index in [1.54, 1.807) is 37.7 Å². The molecule has 2 unspecified atom stereocenters. The molecule has 2 aromatic rings. The van der Waals surface area contributed by atoms with Crippen LogP contribution in [0.5, 0.6) is 0 Å². The Kier molecular flexibility index (Phi) is 5.21. The van der Waals surface area contributed by atoms with Crippen molar-refractivity contribution in [2.75, 3.05) is 0 Å². The van der Waals surface area contributed by atoms with Crippen molar-refractivity contribution in [3.05, 3.63) is 23.5 Å². The van der Waals surface area contributed by atoms with Gasteiger partial charge in [0.15, 0.2) is 5.65 Å². The molecule has 7 heteroatoms. The lowest BCUT2D eigenvalue weighted by atomic mass is 10.0. The van der Waals surface area contributed by atoms with Crippen LogP contribution in [-0.4, -0.2) is 37.8 Å². The number of rotatable bonds is 6. The molecule has 7 nitrogen and oxygen atoms in total. The molecule has 2 N–H and O–H groups in total. The van der Waals surface area contributed by atoms with Gasteiger partial charge in [0, 0.05) is 5.69 Å². The lowest BCUT2D eigenvalue weighted by Gasteiger charge is -2.18. The Balaban J connectivity index is 2.47. The average molecular weight is 332 g/mol. The van der Waals surface area contributed by atoms with E-state index < -0.39 is 17.9 Å². The van der Waals surface area contributed by atoms with Gasteiger partial charge in [-0.3, -0.25) is 4.79 Å². The van der Waals surface area contributed by atoms with E-state index >= 15 is 0 Å². The van der Waals surface area contributed by atoms with Crippen LogP contribution in [0.3, 0.4) is 0 Å². The van der Waals surface area contributed by atoms with Crippen LogP contribution in [0.1, 0.15) is 56.2 Å². The third-order valence-corrected chi connectivity index (χ3v) is 4.17. The molecule has 0 aliphatic heterocycles. The summed E-state index contributed by atoms with van der Waals surface area (Å²) in [6.07, 6.45) is 2.51. The zero-order valence-electron chi connectivity index (χ0n) is 14.7. The highest BCUT2D eigenvalue weighted by molar-refractivity contribution is 6.06. The summed E-state index contributed by atoms with van der Waals surface area (Å²) in [6, 6.07) is 0.889. The zero-order chi connectivity index (χ0) is 18.0. The molecule has 2 rings (SSSR count). The van der Waals surface area contributed by atoms with E-state index in [2.05, 4.69) is 22.3 Å². The fourth-order valence-corrected chi connectivity index (χ4v) is 2.56. The van der Waals surface area contributed by atoms with E-state index in [0.29, 0.717) is 22.3 Å². The van der Waals surface area contributed by atoms with Crippen LogP contribution in [-0.2, 0) is 4.79 Å². The molecule has 0 radical (unpaired) electrons. The maximum atomic E-state index is 12.6. The van der Waals surface area contributed by atoms with Gasteiger partial charge in [0.25, 0.3) is 5.91 Å². The average Bonchev–Trinajstić information content (AvgIpc) is 2.93. The van der Waals surface area contributed by atoms with Crippen LogP contribution in [0, 0.1) is 12.8 Å². The number of aliphatic carboxylic acids is 1. The summed E-state index contributed by atoms with van der Waals surface area (Å²) >= 11 is 0. The lowest BCUT2D eigenvalue weighted by Crippen LogP contribution is -2.44. The third-order valence-electron chi connectivity index (χ3n) is 4.17. The number of carboxylic acids is 1. The van der Waals surface area contributed by atoms with E-state index in [1.807, 2.05) is 6.92 Å². The molecular formula is C17H24N4O3. The first-order valence-electron chi connectivity index (χ1n) is 8.14. The van der Waals surface area contributed by atoms with Crippen molar-refractivity contribution in [3.63, 3.8) is 0 Å². The molecule has 0 saturated carbocycles. The van der Waals surface area contributed by atoms with Crippen molar-refractivity contribution in [1.29, 1.82) is 0 Å². The molecule has 2 atom stereocenters. The highest BCUT2D eigenvalue weighted by Crippen LogP contribution is 2.22. The van der Waals surface area contributed by atoms with E-state index in [-0.39, 0.29) is 12.0 Å². The van der Waals surface area contributed by atoms with Crippen molar-refractivity contribution < 1.29 is 14.7 Å². The Hall–Kier alpha value is -2.44. The van der Waals surface area contributed by atoms with Gasteiger partial charge in [0.1, 0.15) is 6.04 Å². The summed E-state index contributed by atoms with van der Waals surface area (Å²) in [4.78, 5) is 28.5. The minimum absolute atomic E-state index is 0.162. The Bertz CT molecular complexity index is 767. The van der Waals surface area contributed by atoms with Gasteiger partial charge in [-0.1, -0.05) is 20.8 Å². The SMILES string of the molecule is CCC(C)n1ncc2c(C(=O)NC(C(=O)O)C(C)C)cc(C)nc21. The first kappa shape index (κ1) is 17.9. The second-order valence-electron chi connectivity index (χ2n) is 6.43. The highest BCUT2D eigenvalue weighted by atomic mass is 16.4. The minimum atomic E-state index is -1.05. The van der Waals surface area contributed by atoms with Crippen LogP contribution in [0.15, 0.2) is 12.3 Å². The summed E-state index contributed by atoms with van der Waals surface area (Å²) in [5.41, 5.74) is 1.74. The highest BCUT2D eigenvalue weighted by Gasteiger charge is 2.25. The largest absolute Gasteiger partial charge is 0.480 e. The molecule has 0 saturated heterocycles. The maximum Gasteiger partial charge on any atom is 0.326 e. The maximum absolute atomic E-state index is 12.6. The smallest absolute Gasteiger partial charge is 0.326 e. The number of aryl methyl sites for hydroxylation is 1. The minimum Gasteiger partial charge on any atom is -0.480 e. The molecule has 0 aliphatic carbocycles. The monoisotopic (exact) mass is 332 g/mol. The van der Waals surface area contributed by atoms with Crippen LogP contribution < -0.4 is 5.32 Å². The fourth-order valence-electron chi connectivity index (χ4n) is 2.56. The second kappa shape index (κ2) is 6.98. The summed E-state index contributed by atoms with van der Waals surface area (Å²) in [7, 11) is 0. The van der Waals surface area contributed by atoms with Gasteiger partial charge in [-0.25, -0.2) is 14.5 Å². The lowest BCUT2D eigenvalue weighted by molar-refractivity contribution is -0.140. The van der Waals surface area contributed by atoms with Crippen molar-refractivity contribution in [2.45, 2.75) is 53.1 Å². The van der Waals surface area contributed by atoms with Gasteiger partial charge in [-0.2, -0.15) is 5.10 Å². The van der Waals surface area contributed by atoms with Crippen LogP contribution in [0.2, 0.25) is 0 Å². The Morgan fingerprint density at radius 2 is 2.00 bits per heavy atom. The third kappa shape index (κ3) is 3.39. The van der Waals surface area contributed by atoms with Crippen molar-refractivity contribution in [3.8, 4) is 0 Å². The number of pyridine rings is 1. The standard InChI is InChI=1S/C17H24N4O3/c1-6-11(5)21-15-13(8-18-21)12(7-10(4)19-15)16(22)20-14(9(2)3)17(23)24/h7-9,11,14H,6H2,1-5H3,(H,20,22)(H,23,24). The molecular weight excluding hydrogens is 308 g/mol. The zero-order valence-corrected chi connectivity index (χ0v) is 14.7. The number of nitrogens with zero attached hydrogens (tertiary/aromatic N) is 3. The number of hydrogen-bond donors (Lipinski definition) is 2. The van der Waals surface area contributed by atoms with Gasteiger partial charge >= 0.3 is 5.97 Å². The van der Waals surface area contributed by atoms with E-state index in [0.717, 1.165) is 6.42 Å². The predicted molar refractivity (Wildman–Crippen MR) is 91.0 cm³/mol. The molecule has 0 aliphatic rings. The number of nitrogens with one attached hydrogen (secondary N) is 1. The summed E-state index contributed by atoms with van der Waals surface area (Å²) in [5, 5.41) is 16.9. The molecule has 0 aromatic carbocycles. The molecule has 24 heavy (non-hydrogen) atoms. The van der Waals surface area contributed by atoms with Crippen LogP contribution >= 0.6 is 0 Å². The van der Waals surface area contributed by atoms with E-state index in [4.69, 9.17) is 0 Å². The molecule has 2 aromatic heterocycles. The van der Waals surface area contributed by atoms with Crippen molar-refractivity contribution >= 4 is 22.9 Å². The van der Waals surface area contributed by atoms with Gasteiger partial charge in [-0.15, -0.1) is 0 Å². The number of carbonyl (C=O) groups excluding carboxylic acids is 1. The molecule has 0 fully saturated rings.